The maximum Gasteiger partial charge on any atom is 0.317 e. The molecular weight excluding hydrogens is 1320 g/mol. The van der Waals surface area contributed by atoms with E-state index in [1.807, 2.05) is 33.7 Å². The molecule has 0 spiro atoms. The van der Waals surface area contributed by atoms with Crippen molar-refractivity contribution in [2.24, 2.45) is 0 Å². The van der Waals surface area contributed by atoms with Gasteiger partial charge in [-0.3, -0.25) is 107 Å². The molecule has 0 aliphatic carbocycles. The van der Waals surface area contributed by atoms with Crippen molar-refractivity contribution in [3.8, 4) is 0 Å². The number of rotatable bonds is 24. The highest BCUT2D eigenvalue weighted by Crippen LogP contribution is 2.11. The molecule has 100 heavy (non-hydrogen) atoms. The van der Waals surface area contributed by atoms with Gasteiger partial charge in [-0.2, -0.15) is 0 Å². The first kappa shape index (κ1) is 91.8. The van der Waals surface area contributed by atoms with Gasteiger partial charge in [-0.05, 0) is 46.7 Å². The molecule has 0 amide bonds. The second kappa shape index (κ2) is 52.7. The van der Waals surface area contributed by atoms with Crippen LogP contribution in [0.15, 0.2) is 0 Å². The summed E-state index contributed by atoms with van der Waals surface area (Å²) in [4.78, 5) is 150. The highest BCUT2D eigenvalue weighted by Gasteiger charge is 2.28. The molecule has 1 atom stereocenters. The van der Waals surface area contributed by atoms with Gasteiger partial charge in [0.25, 0.3) is 0 Å². The predicted octanol–water partition coefficient (Wildman–Crippen LogP) is -8.73. The van der Waals surface area contributed by atoms with Crippen LogP contribution < -0.4 is 0 Å². The smallest absolute Gasteiger partial charge is 0.317 e. The Labute approximate surface area is 590 Å². The van der Waals surface area contributed by atoms with Crippen LogP contribution >= 0.6 is 0 Å². The van der Waals surface area contributed by atoms with Crippen LogP contribution in [0.25, 0.3) is 0 Å². The van der Waals surface area contributed by atoms with Crippen molar-refractivity contribution in [2.75, 3.05) is 295 Å². The number of carboxylic acids is 11. The molecular formula is C58H106B4N16O22. The third-order valence-electron chi connectivity index (χ3n) is 16.5. The third-order valence-corrected chi connectivity index (χ3v) is 16.5. The molecule has 11 N–H and O–H groups in total. The molecule has 0 aromatic carbocycles. The Morgan fingerprint density at radius 3 is 0.640 bits per heavy atom. The number of aliphatic carboxylic acids is 11. The lowest BCUT2D eigenvalue weighted by Crippen LogP contribution is -2.52. The lowest BCUT2D eigenvalue weighted by molar-refractivity contribution is -0.142. The minimum atomic E-state index is -1.07. The molecule has 4 saturated heterocycles. The molecule has 562 valence electrons. The van der Waals surface area contributed by atoms with E-state index in [2.05, 4.69) is 9.80 Å². The number of nitrogens with zero attached hydrogens (tertiary/aromatic N) is 16. The largest absolute Gasteiger partial charge is 0.480 e. The molecule has 4 aliphatic rings. The summed E-state index contributed by atoms with van der Waals surface area (Å²) in [7, 11) is 27.3. The van der Waals surface area contributed by atoms with Gasteiger partial charge in [0, 0.05) is 183 Å². The molecule has 4 fully saturated rings. The van der Waals surface area contributed by atoms with Gasteiger partial charge in [0.05, 0.1) is 87.7 Å². The van der Waals surface area contributed by atoms with Gasteiger partial charge in [0.1, 0.15) is 0 Å². The normalized spacial score (nSPS) is 21.3. The average Bonchev–Trinajstić information content (AvgIpc) is 0.892. The Bertz CT molecular complexity index is 2360. The number of hydrogen-bond donors (Lipinski definition) is 11. The molecule has 0 bridgehead atoms. The maximum absolute atomic E-state index is 11.3. The summed E-state index contributed by atoms with van der Waals surface area (Å²) in [5.74, 6) is -10.5. The van der Waals surface area contributed by atoms with Gasteiger partial charge in [0.15, 0.2) is 16.0 Å². The van der Waals surface area contributed by atoms with E-state index in [1.54, 1.807) is 48.8 Å². The van der Waals surface area contributed by atoms with Crippen LogP contribution in [0.5, 0.6) is 0 Å². The average molecular weight is 1420 g/mol. The number of likely N-dealkylation sites (N-methyl/N-ethyl adjacent to an activating group) is 2. The van der Waals surface area contributed by atoms with Crippen LogP contribution in [0.1, 0.15) is 0 Å². The number of carbonyl (C=O) groups is 11. The first-order valence-electron chi connectivity index (χ1n) is 33.0. The first-order valence-corrected chi connectivity index (χ1v) is 33.0. The summed E-state index contributed by atoms with van der Waals surface area (Å²) < 4.78 is 0. The van der Waals surface area contributed by atoms with Crippen LogP contribution in [0.2, 0.25) is 6.32 Å². The minimum Gasteiger partial charge on any atom is -0.480 e. The van der Waals surface area contributed by atoms with E-state index in [4.69, 9.17) is 77.6 Å². The van der Waals surface area contributed by atoms with Gasteiger partial charge in [-0.15, -0.1) is 0 Å². The summed E-state index contributed by atoms with van der Waals surface area (Å²) in [6, 6.07) is -0.459. The quantitative estimate of drug-likeness (QED) is 0.0400. The fourth-order valence-electron chi connectivity index (χ4n) is 10.8. The van der Waals surface area contributed by atoms with E-state index in [-0.39, 0.29) is 124 Å². The molecule has 0 aromatic rings. The fourth-order valence-corrected chi connectivity index (χ4v) is 10.8. The molecule has 1 unspecified atom stereocenters. The second-order valence-electron chi connectivity index (χ2n) is 24.9. The van der Waals surface area contributed by atoms with Gasteiger partial charge >= 0.3 is 65.7 Å². The summed E-state index contributed by atoms with van der Waals surface area (Å²) in [6.45, 7) is 13.9. The molecule has 42 heteroatoms. The Hall–Kier alpha value is -6.21. The molecule has 0 aromatic heterocycles. The Morgan fingerprint density at radius 1 is 0.250 bits per heavy atom. The fraction of sp³-hybridized carbons (Fsp3) is 0.810. The van der Waals surface area contributed by atoms with Crippen LogP contribution in [0.4, 0.5) is 0 Å². The zero-order valence-electron chi connectivity index (χ0n) is 58.1. The Kier molecular flexibility index (Phi) is 48.4. The van der Waals surface area contributed by atoms with Gasteiger partial charge in [0.2, 0.25) is 0 Å². The Morgan fingerprint density at radius 2 is 0.420 bits per heavy atom. The lowest BCUT2D eigenvalue weighted by atomic mass is 9.95. The molecule has 4 heterocycles. The number of hydrogen-bond acceptors (Lipinski definition) is 27. The van der Waals surface area contributed by atoms with E-state index in [0.717, 1.165) is 26.2 Å². The summed E-state index contributed by atoms with van der Waals surface area (Å²) in [6.07, 6.45) is 0.383. The van der Waals surface area contributed by atoms with Gasteiger partial charge in [-0.25, -0.2) is 0 Å². The molecule has 0 saturated carbocycles. The van der Waals surface area contributed by atoms with Gasteiger partial charge < -0.3 is 80.5 Å². The highest BCUT2D eigenvalue weighted by molar-refractivity contribution is 6.09. The first-order chi connectivity index (χ1) is 47.1. The molecule has 38 nitrogen and oxygen atoms in total. The van der Waals surface area contributed by atoms with Crippen LogP contribution in [-0.4, -0.2) is 533 Å². The summed E-state index contributed by atoms with van der Waals surface area (Å²) in [5.41, 5.74) is 0. The van der Waals surface area contributed by atoms with E-state index in [9.17, 15) is 63.0 Å². The van der Waals surface area contributed by atoms with Crippen molar-refractivity contribution in [2.45, 2.75) is 12.4 Å². The van der Waals surface area contributed by atoms with Crippen molar-refractivity contribution in [3.63, 3.8) is 0 Å². The van der Waals surface area contributed by atoms with E-state index in [0.29, 0.717) is 137 Å². The van der Waals surface area contributed by atoms with E-state index >= 15 is 0 Å². The minimum absolute atomic E-state index is 0.00677. The lowest BCUT2D eigenvalue weighted by Gasteiger charge is -2.37. The second-order valence-corrected chi connectivity index (χ2v) is 24.9. The van der Waals surface area contributed by atoms with Crippen molar-refractivity contribution in [1.29, 1.82) is 0 Å². The molecule has 8 radical (unpaired) electrons. The van der Waals surface area contributed by atoms with E-state index < -0.39 is 71.7 Å². The molecule has 4 rings (SSSR count). The van der Waals surface area contributed by atoms with Crippen LogP contribution in [0.3, 0.4) is 0 Å². The maximum atomic E-state index is 11.3. The highest BCUT2D eigenvalue weighted by atomic mass is 16.4. The summed E-state index contributed by atoms with van der Waals surface area (Å²) >= 11 is 0. The topological polar surface area (TPSA) is 462 Å². The van der Waals surface area contributed by atoms with Crippen molar-refractivity contribution < 1.29 is 109 Å². The van der Waals surface area contributed by atoms with Crippen molar-refractivity contribution in [3.05, 3.63) is 0 Å². The van der Waals surface area contributed by atoms with Crippen molar-refractivity contribution in [1.82, 2.24) is 78.2 Å². The number of carboxylic acid groups (broad SMARTS) is 11. The van der Waals surface area contributed by atoms with E-state index in [1.165, 1.54) is 0 Å². The standard InChI is InChI=1S/C17H29BN4O8.C15H27BN4O6.2C13H25BN4O4/c18-7-13-8-21(11-16(27)28)4-3-19(9-14(23)24)1-2-20(10-15(25)26)5-6-22(13)12-17(29)30;16-12-20-7-5-18(10-14(23)24)3-1-17(9-13(21)22)2-4-19(6-8-20)11-15(25)26;1-15-2-4-16(10-12(19)20)5-6-17(11-13(21)22)7-9-18(14)8-3-15;1-15-2-4-16(10-12(19)20)6-8-18(14)9-7-17(5-3-15)11-13(21)22/h13H,1-12H2,(H,23,24)(H,25,26)(H,27,28)(H,29,30);1-12H2,(H,21,22)(H,23,24)(H,25,26);2*2-11H2,1H3,(H,19,20)(H,21,22). The zero-order valence-corrected chi connectivity index (χ0v) is 58.1. The van der Waals surface area contributed by atoms with Gasteiger partial charge in [-0.1, -0.05) is 6.32 Å². The third kappa shape index (κ3) is 48.6. The monoisotopic (exact) mass is 1420 g/mol. The van der Waals surface area contributed by atoms with Crippen molar-refractivity contribution >= 4 is 97.3 Å². The van der Waals surface area contributed by atoms with Crippen LogP contribution in [0, 0.1) is 0 Å². The molecule has 4 aliphatic heterocycles. The predicted molar refractivity (Wildman–Crippen MR) is 366 cm³/mol. The van der Waals surface area contributed by atoms with Crippen LogP contribution in [-0.2, 0) is 52.7 Å². The summed E-state index contributed by atoms with van der Waals surface area (Å²) in [5, 5.41) is 99.8. The zero-order chi connectivity index (χ0) is 75.3. The Balaban J connectivity index is 0.000000672. The SMILES string of the molecule is [B]CC1CN(CC(=O)O)CCN(CC(=O)O)CCN(CC(=O)O)CCN1CC(=O)O.[B]CN1CCN(CC(=O)O)CCN(CC(=O)O)CCN(CC(=O)O)CC1.[B]N1CCN(C)CCN(CC(=O)O)CCN(CC(=O)O)CC1.[B]N1CCN(CC(=O)O)CCN(C)CCN(CC(=O)O)CC1.